The van der Waals surface area contributed by atoms with Crippen LogP contribution in [0, 0.1) is 13.8 Å². The van der Waals surface area contributed by atoms with Crippen molar-refractivity contribution in [1.29, 1.82) is 0 Å². The number of sulfonamides is 1. The second kappa shape index (κ2) is 13.7. The summed E-state index contributed by atoms with van der Waals surface area (Å²) >= 11 is 6.39. The Kier molecular flexibility index (Phi) is 10.6. The van der Waals surface area contributed by atoms with Gasteiger partial charge in [-0.1, -0.05) is 35.9 Å². The van der Waals surface area contributed by atoms with E-state index in [0.29, 0.717) is 28.6 Å². The largest absolute Gasteiger partial charge is 0.493 e. The zero-order valence-corrected chi connectivity index (χ0v) is 25.7. The number of ether oxygens (including phenoxy) is 2. The third-order valence-electron chi connectivity index (χ3n) is 6.53. The molecular weight excluding hydrogens is 566 g/mol. The quantitative estimate of drug-likeness (QED) is 0.322. The summed E-state index contributed by atoms with van der Waals surface area (Å²) in [5, 5.41) is 3.17. The highest BCUT2D eigenvalue weighted by molar-refractivity contribution is 7.92. The minimum absolute atomic E-state index is 0.00784. The standard InChI is InChI=1S/C30H36ClN3O6S/c1-7-32-30(36)22(4)33(18-23-10-8-9-11-26(23)31)29(35)19-34(24-15-20(2)14-21(3)16-24)41(37,38)25-12-13-27(39-5)28(17-25)40-6/h8-17,22H,7,18-19H2,1-6H3,(H,32,36)/t22-/m0/s1. The van der Waals surface area contributed by atoms with E-state index in [-0.39, 0.29) is 23.1 Å². The number of hydrogen-bond acceptors (Lipinski definition) is 6. The molecule has 0 bridgehead atoms. The number of carbonyl (C=O) groups excluding carboxylic acids is 2. The van der Waals surface area contributed by atoms with E-state index in [1.807, 2.05) is 19.9 Å². The van der Waals surface area contributed by atoms with Crippen LogP contribution < -0.4 is 19.1 Å². The number of halogens is 1. The molecule has 0 fully saturated rings. The van der Waals surface area contributed by atoms with Crippen molar-refractivity contribution in [3.8, 4) is 11.5 Å². The third kappa shape index (κ3) is 7.51. The molecule has 1 atom stereocenters. The molecule has 0 spiro atoms. The summed E-state index contributed by atoms with van der Waals surface area (Å²) in [6.07, 6.45) is 0. The highest BCUT2D eigenvalue weighted by Crippen LogP contribution is 2.33. The van der Waals surface area contributed by atoms with Crippen LogP contribution in [0.5, 0.6) is 11.5 Å². The number of hydrogen-bond donors (Lipinski definition) is 1. The van der Waals surface area contributed by atoms with Crippen molar-refractivity contribution in [3.63, 3.8) is 0 Å². The Bertz CT molecular complexity index is 1490. The van der Waals surface area contributed by atoms with Crippen molar-refractivity contribution in [2.75, 3.05) is 31.6 Å². The van der Waals surface area contributed by atoms with E-state index in [1.54, 1.807) is 50.2 Å². The van der Waals surface area contributed by atoms with E-state index in [1.165, 1.54) is 37.3 Å². The lowest BCUT2D eigenvalue weighted by atomic mass is 10.1. The Morgan fingerprint density at radius 2 is 1.59 bits per heavy atom. The number of anilines is 1. The molecular formula is C30H36ClN3O6S. The first-order chi connectivity index (χ1) is 19.4. The maximum absolute atomic E-state index is 14.2. The van der Waals surface area contributed by atoms with Gasteiger partial charge in [-0.3, -0.25) is 13.9 Å². The van der Waals surface area contributed by atoms with E-state index in [0.717, 1.165) is 15.4 Å². The Morgan fingerprint density at radius 1 is 0.951 bits per heavy atom. The molecule has 220 valence electrons. The smallest absolute Gasteiger partial charge is 0.264 e. The topological polar surface area (TPSA) is 105 Å². The minimum atomic E-state index is -4.29. The fourth-order valence-corrected chi connectivity index (χ4v) is 6.05. The van der Waals surface area contributed by atoms with Crippen LogP contribution in [0.1, 0.15) is 30.5 Å². The normalized spacial score (nSPS) is 11.9. The number of nitrogens with one attached hydrogen (secondary N) is 1. The molecule has 2 amide bonds. The summed E-state index contributed by atoms with van der Waals surface area (Å²) < 4.78 is 40.0. The molecule has 0 saturated carbocycles. The zero-order valence-electron chi connectivity index (χ0n) is 24.1. The van der Waals surface area contributed by atoms with Gasteiger partial charge in [-0.2, -0.15) is 0 Å². The van der Waals surface area contributed by atoms with Gasteiger partial charge in [-0.15, -0.1) is 0 Å². The molecule has 11 heteroatoms. The molecule has 0 aliphatic rings. The molecule has 41 heavy (non-hydrogen) atoms. The van der Waals surface area contributed by atoms with Crippen molar-refractivity contribution in [3.05, 3.63) is 82.4 Å². The second-order valence-corrected chi connectivity index (χ2v) is 11.8. The second-order valence-electron chi connectivity index (χ2n) is 9.56. The van der Waals surface area contributed by atoms with Crippen LogP contribution in [-0.4, -0.2) is 58.5 Å². The minimum Gasteiger partial charge on any atom is -0.493 e. The molecule has 3 aromatic rings. The Morgan fingerprint density at radius 3 is 2.17 bits per heavy atom. The third-order valence-corrected chi connectivity index (χ3v) is 8.67. The monoisotopic (exact) mass is 601 g/mol. The van der Waals surface area contributed by atoms with Gasteiger partial charge in [0.05, 0.1) is 24.8 Å². The SMILES string of the molecule is CCNC(=O)[C@H](C)N(Cc1ccccc1Cl)C(=O)CN(c1cc(C)cc(C)c1)S(=O)(=O)c1ccc(OC)c(OC)c1. The molecule has 3 aromatic carbocycles. The zero-order chi connectivity index (χ0) is 30.3. The van der Waals surface area contributed by atoms with Gasteiger partial charge in [0.25, 0.3) is 10.0 Å². The number of aryl methyl sites for hydroxylation is 2. The number of rotatable bonds is 12. The molecule has 0 aliphatic carbocycles. The Balaban J connectivity index is 2.12. The summed E-state index contributed by atoms with van der Waals surface area (Å²) in [6.45, 7) is 6.90. The molecule has 3 rings (SSSR count). The van der Waals surface area contributed by atoms with E-state index in [9.17, 15) is 18.0 Å². The number of benzene rings is 3. The lowest BCUT2D eigenvalue weighted by molar-refractivity contribution is -0.139. The van der Waals surface area contributed by atoms with Gasteiger partial charge >= 0.3 is 0 Å². The highest BCUT2D eigenvalue weighted by atomic mass is 35.5. The van der Waals surface area contributed by atoms with Crippen molar-refractivity contribution in [2.45, 2.75) is 45.2 Å². The van der Waals surface area contributed by atoms with Gasteiger partial charge in [0, 0.05) is 24.2 Å². The van der Waals surface area contributed by atoms with Crippen LogP contribution in [0.4, 0.5) is 5.69 Å². The Hall–Kier alpha value is -3.76. The summed E-state index contributed by atoms with van der Waals surface area (Å²) in [6, 6.07) is 15.7. The highest BCUT2D eigenvalue weighted by Gasteiger charge is 2.33. The molecule has 0 unspecified atom stereocenters. The van der Waals surface area contributed by atoms with Crippen molar-refractivity contribution >= 4 is 39.1 Å². The van der Waals surface area contributed by atoms with E-state index >= 15 is 0 Å². The lowest BCUT2D eigenvalue weighted by Gasteiger charge is -2.32. The lowest BCUT2D eigenvalue weighted by Crippen LogP contribution is -2.51. The number of nitrogens with zero attached hydrogens (tertiary/aromatic N) is 2. The molecule has 0 heterocycles. The first-order valence-electron chi connectivity index (χ1n) is 13.1. The van der Waals surface area contributed by atoms with E-state index in [2.05, 4.69) is 5.32 Å². The maximum atomic E-state index is 14.2. The van der Waals surface area contributed by atoms with E-state index < -0.39 is 28.5 Å². The van der Waals surface area contributed by atoms with Crippen LogP contribution in [0.2, 0.25) is 5.02 Å². The van der Waals surface area contributed by atoms with Gasteiger partial charge in [-0.05, 0) is 74.7 Å². The first-order valence-corrected chi connectivity index (χ1v) is 14.9. The summed E-state index contributed by atoms with van der Waals surface area (Å²) in [5.41, 5.74) is 2.58. The molecule has 9 nitrogen and oxygen atoms in total. The van der Waals surface area contributed by atoms with Crippen molar-refractivity contribution in [1.82, 2.24) is 10.2 Å². The predicted molar refractivity (Wildman–Crippen MR) is 160 cm³/mol. The average Bonchev–Trinajstić information content (AvgIpc) is 2.94. The summed E-state index contributed by atoms with van der Waals surface area (Å²) in [7, 11) is -1.42. The van der Waals surface area contributed by atoms with Crippen molar-refractivity contribution < 1.29 is 27.5 Å². The van der Waals surface area contributed by atoms with Crippen molar-refractivity contribution in [2.24, 2.45) is 0 Å². The van der Waals surface area contributed by atoms with Crippen LogP contribution in [0.15, 0.2) is 65.6 Å². The molecule has 0 aromatic heterocycles. The van der Waals surface area contributed by atoms with Crippen LogP contribution >= 0.6 is 11.6 Å². The van der Waals surface area contributed by atoms with Crippen LogP contribution in [0.25, 0.3) is 0 Å². The molecule has 1 N–H and O–H groups in total. The molecule has 0 aliphatic heterocycles. The van der Waals surface area contributed by atoms with Gasteiger partial charge in [-0.25, -0.2) is 8.42 Å². The number of carbonyl (C=O) groups is 2. The van der Waals surface area contributed by atoms with Crippen LogP contribution in [-0.2, 0) is 26.2 Å². The number of likely N-dealkylation sites (N-methyl/N-ethyl adjacent to an activating group) is 1. The van der Waals surface area contributed by atoms with Gasteiger partial charge in [0.2, 0.25) is 11.8 Å². The average molecular weight is 602 g/mol. The van der Waals surface area contributed by atoms with Gasteiger partial charge in [0.15, 0.2) is 11.5 Å². The number of amides is 2. The molecule has 0 saturated heterocycles. The van der Waals surface area contributed by atoms with E-state index in [4.69, 9.17) is 21.1 Å². The van der Waals surface area contributed by atoms with Gasteiger partial charge < -0.3 is 19.7 Å². The summed E-state index contributed by atoms with van der Waals surface area (Å²) in [5.74, 6) is -0.354. The Labute approximate surface area is 247 Å². The fraction of sp³-hybridized carbons (Fsp3) is 0.333. The molecule has 0 radical (unpaired) electrons. The number of methoxy groups -OCH3 is 2. The van der Waals surface area contributed by atoms with Crippen LogP contribution in [0.3, 0.4) is 0 Å². The maximum Gasteiger partial charge on any atom is 0.264 e. The van der Waals surface area contributed by atoms with Gasteiger partial charge in [0.1, 0.15) is 12.6 Å². The fourth-order valence-electron chi connectivity index (χ4n) is 4.44. The summed E-state index contributed by atoms with van der Waals surface area (Å²) in [4.78, 5) is 28.1. The predicted octanol–water partition coefficient (Wildman–Crippen LogP) is 4.72. The first kappa shape index (κ1) is 31.8.